The molecule has 0 saturated carbocycles. The van der Waals surface area contributed by atoms with E-state index in [9.17, 15) is 9.90 Å². The summed E-state index contributed by atoms with van der Waals surface area (Å²) < 4.78 is 5.36. The van der Waals surface area contributed by atoms with Gasteiger partial charge in [-0.2, -0.15) is 0 Å². The lowest BCUT2D eigenvalue weighted by Crippen LogP contribution is -2.38. The van der Waals surface area contributed by atoms with Crippen molar-refractivity contribution in [3.8, 4) is 5.75 Å². The minimum atomic E-state index is -0.601. The highest BCUT2D eigenvalue weighted by molar-refractivity contribution is 5.97. The summed E-state index contributed by atoms with van der Waals surface area (Å²) in [5.41, 5.74) is 6.92. The van der Waals surface area contributed by atoms with Crippen LogP contribution in [0.4, 0.5) is 5.69 Å². The van der Waals surface area contributed by atoms with Crippen molar-refractivity contribution < 1.29 is 14.6 Å². The molecule has 98 valence electrons. The van der Waals surface area contributed by atoms with Crippen molar-refractivity contribution in [1.29, 1.82) is 0 Å². The highest BCUT2D eigenvalue weighted by Crippen LogP contribution is 2.34. The molecule has 0 aromatic heterocycles. The van der Waals surface area contributed by atoms with Gasteiger partial charge in [0, 0.05) is 6.54 Å². The van der Waals surface area contributed by atoms with Crippen LogP contribution in [0.25, 0.3) is 0 Å². The fraction of sp³-hybridized carbons (Fsp3) is 0.462. The molecule has 1 atom stereocenters. The number of aliphatic hydroxyl groups is 1. The minimum absolute atomic E-state index is 0.0598. The third kappa shape index (κ3) is 2.32. The topological polar surface area (TPSA) is 75.8 Å². The van der Waals surface area contributed by atoms with E-state index in [2.05, 4.69) is 0 Å². The Bertz CT molecular complexity index is 448. The summed E-state index contributed by atoms with van der Waals surface area (Å²) in [7, 11) is 0. The number of nitrogens with zero attached hydrogens (tertiary/aromatic N) is 1. The Balaban J connectivity index is 2.34. The summed E-state index contributed by atoms with van der Waals surface area (Å²) in [5.74, 6) is 0.621. The molecule has 1 aliphatic heterocycles. The highest BCUT2D eigenvalue weighted by atomic mass is 16.5. The number of carbonyl (C=O) groups excluding carboxylic acids is 1. The summed E-state index contributed by atoms with van der Waals surface area (Å²) >= 11 is 0. The van der Waals surface area contributed by atoms with Crippen LogP contribution in [-0.4, -0.2) is 30.7 Å². The first kappa shape index (κ1) is 12.9. The predicted octanol–water partition coefficient (Wildman–Crippen LogP) is 0.814. The number of benzene rings is 1. The molecule has 1 aromatic carbocycles. The van der Waals surface area contributed by atoms with E-state index in [1.807, 2.05) is 13.0 Å². The van der Waals surface area contributed by atoms with Gasteiger partial charge < -0.3 is 20.5 Å². The van der Waals surface area contributed by atoms with Gasteiger partial charge in [0.15, 0.2) is 6.61 Å². The van der Waals surface area contributed by atoms with E-state index in [4.69, 9.17) is 10.5 Å². The van der Waals surface area contributed by atoms with Crippen molar-refractivity contribution in [3.05, 3.63) is 23.8 Å². The Morgan fingerprint density at radius 2 is 2.33 bits per heavy atom. The Hall–Kier alpha value is -1.59. The van der Waals surface area contributed by atoms with Crippen LogP contribution >= 0.6 is 0 Å². The molecular formula is C13H18N2O3. The zero-order valence-corrected chi connectivity index (χ0v) is 10.4. The van der Waals surface area contributed by atoms with E-state index in [0.29, 0.717) is 25.3 Å². The molecule has 18 heavy (non-hydrogen) atoms. The van der Waals surface area contributed by atoms with Gasteiger partial charge in [0.2, 0.25) is 0 Å². The lowest BCUT2D eigenvalue weighted by Gasteiger charge is -2.29. The molecule has 1 aliphatic rings. The Kier molecular flexibility index (Phi) is 3.84. The Morgan fingerprint density at radius 3 is 3.00 bits per heavy atom. The number of hydrogen-bond donors (Lipinski definition) is 2. The first-order chi connectivity index (χ1) is 8.67. The number of anilines is 1. The molecule has 1 amide bonds. The van der Waals surface area contributed by atoms with Crippen LogP contribution in [0, 0.1) is 0 Å². The molecule has 0 fully saturated rings. The lowest BCUT2D eigenvalue weighted by molar-refractivity contribution is -0.121. The summed E-state index contributed by atoms with van der Waals surface area (Å²) in [4.78, 5) is 13.4. The first-order valence-corrected chi connectivity index (χ1v) is 6.12. The second-order valence-corrected chi connectivity index (χ2v) is 4.25. The Labute approximate surface area is 106 Å². The van der Waals surface area contributed by atoms with Crippen LogP contribution < -0.4 is 15.4 Å². The van der Waals surface area contributed by atoms with Crippen LogP contribution in [0.15, 0.2) is 18.2 Å². The van der Waals surface area contributed by atoms with Gasteiger partial charge in [0.05, 0.1) is 11.8 Å². The van der Waals surface area contributed by atoms with Crippen LogP contribution in [0.2, 0.25) is 0 Å². The standard InChI is InChI=1S/C13H18N2O3/c1-2-15-10-7-9(11(16)5-6-14)3-4-12(10)18-8-13(15)17/h3-4,7,11,16H,2,5-6,8,14H2,1H3. The van der Waals surface area contributed by atoms with Gasteiger partial charge in [0.25, 0.3) is 5.91 Å². The molecule has 0 radical (unpaired) electrons. The molecule has 0 spiro atoms. The van der Waals surface area contributed by atoms with Crippen molar-refractivity contribution in [2.45, 2.75) is 19.4 Å². The summed E-state index contributed by atoms with van der Waals surface area (Å²) in [6.07, 6.45) is -0.101. The average molecular weight is 250 g/mol. The maximum Gasteiger partial charge on any atom is 0.265 e. The van der Waals surface area contributed by atoms with Crippen molar-refractivity contribution in [3.63, 3.8) is 0 Å². The van der Waals surface area contributed by atoms with Crippen LogP contribution in [0.1, 0.15) is 25.0 Å². The number of likely N-dealkylation sites (N-methyl/N-ethyl adjacent to an activating group) is 1. The first-order valence-electron chi connectivity index (χ1n) is 6.12. The normalized spacial score (nSPS) is 16.2. The van der Waals surface area contributed by atoms with E-state index in [1.54, 1.807) is 17.0 Å². The number of fused-ring (bicyclic) bond motifs is 1. The molecule has 5 heteroatoms. The number of hydrogen-bond acceptors (Lipinski definition) is 4. The molecule has 0 bridgehead atoms. The van der Waals surface area contributed by atoms with Gasteiger partial charge in [0.1, 0.15) is 5.75 Å². The zero-order valence-electron chi connectivity index (χ0n) is 10.4. The van der Waals surface area contributed by atoms with Gasteiger partial charge in [-0.05, 0) is 37.6 Å². The molecule has 3 N–H and O–H groups in total. The maximum atomic E-state index is 11.7. The van der Waals surface area contributed by atoms with Crippen molar-refractivity contribution in [2.75, 3.05) is 24.6 Å². The van der Waals surface area contributed by atoms with Crippen molar-refractivity contribution >= 4 is 11.6 Å². The number of rotatable bonds is 4. The average Bonchev–Trinajstić information content (AvgIpc) is 2.38. The summed E-state index contributed by atoms with van der Waals surface area (Å²) in [6, 6.07) is 5.40. The maximum absolute atomic E-state index is 11.7. The molecule has 0 aliphatic carbocycles. The van der Waals surface area contributed by atoms with Crippen LogP contribution in [0.5, 0.6) is 5.75 Å². The fourth-order valence-corrected chi connectivity index (χ4v) is 2.10. The largest absolute Gasteiger partial charge is 0.482 e. The van der Waals surface area contributed by atoms with E-state index < -0.39 is 6.10 Å². The van der Waals surface area contributed by atoms with Crippen LogP contribution in [-0.2, 0) is 4.79 Å². The summed E-state index contributed by atoms with van der Waals surface area (Å²) in [6.45, 7) is 3.00. The van der Waals surface area contributed by atoms with E-state index in [0.717, 1.165) is 11.3 Å². The highest BCUT2D eigenvalue weighted by Gasteiger charge is 2.25. The second-order valence-electron chi connectivity index (χ2n) is 4.25. The molecule has 1 heterocycles. The number of ether oxygens (including phenoxy) is 1. The molecule has 1 aromatic rings. The second kappa shape index (κ2) is 5.37. The van der Waals surface area contributed by atoms with E-state index in [-0.39, 0.29) is 12.5 Å². The SMILES string of the molecule is CCN1C(=O)COc2ccc(C(O)CCN)cc21. The van der Waals surface area contributed by atoms with Gasteiger partial charge >= 0.3 is 0 Å². The third-order valence-electron chi connectivity index (χ3n) is 3.07. The number of amides is 1. The monoisotopic (exact) mass is 250 g/mol. The Morgan fingerprint density at radius 1 is 1.56 bits per heavy atom. The van der Waals surface area contributed by atoms with E-state index in [1.165, 1.54) is 0 Å². The van der Waals surface area contributed by atoms with Gasteiger partial charge in [-0.25, -0.2) is 0 Å². The number of aliphatic hydroxyl groups excluding tert-OH is 1. The third-order valence-corrected chi connectivity index (χ3v) is 3.07. The fourth-order valence-electron chi connectivity index (χ4n) is 2.10. The summed E-state index contributed by atoms with van der Waals surface area (Å²) in [5, 5.41) is 9.92. The van der Waals surface area contributed by atoms with E-state index >= 15 is 0 Å². The number of carbonyl (C=O) groups is 1. The smallest absolute Gasteiger partial charge is 0.265 e. The zero-order chi connectivity index (χ0) is 13.1. The van der Waals surface area contributed by atoms with Crippen LogP contribution in [0.3, 0.4) is 0 Å². The molecule has 5 nitrogen and oxygen atoms in total. The molecule has 2 rings (SSSR count). The number of nitrogens with two attached hydrogens (primary N) is 1. The molecular weight excluding hydrogens is 232 g/mol. The minimum Gasteiger partial charge on any atom is -0.482 e. The van der Waals surface area contributed by atoms with Gasteiger partial charge in [-0.1, -0.05) is 6.07 Å². The van der Waals surface area contributed by atoms with Crippen molar-refractivity contribution in [2.24, 2.45) is 5.73 Å². The molecule has 0 saturated heterocycles. The van der Waals surface area contributed by atoms with Gasteiger partial charge in [-0.3, -0.25) is 4.79 Å². The van der Waals surface area contributed by atoms with Crippen molar-refractivity contribution in [1.82, 2.24) is 0 Å². The predicted molar refractivity (Wildman–Crippen MR) is 68.6 cm³/mol. The molecule has 1 unspecified atom stereocenters. The lowest BCUT2D eigenvalue weighted by atomic mass is 10.0. The quantitative estimate of drug-likeness (QED) is 0.829. The van der Waals surface area contributed by atoms with Gasteiger partial charge in [-0.15, -0.1) is 0 Å².